The van der Waals surface area contributed by atoms with Crippen LogP contribution >= 0.6 is 11.6 Å². The fourth-order valence-electron chi connectivity index (χ4n) is 2.88. The average Bonchev–Trinajstić information content (AvgIpc) is 3.19. The van der Waals surface area contributed by atoms with Crippen LogP contribution in [0.1, 0.15) is 32.8 Å². The highest BCUT2D eigenvalue weighted by Crippen LogP contribution is 2.32. The maximum absolute atomic E-state index is 6.33. The van der Waals surface area contributed by atoms with E-state index in [9.17, 15) is 0 Å². The molecule has 7 heteroatoms. The second-order valence-electron chi connectivity index (χ2n) is 6.90. The molecular formula is C22H26ClN3O3. The number of nitrogens with zero attached hydrogens (tertiary/aromatic N) is 2. The molecule has 6 nitrogen and oxygen atoms in total. The van der Waals surface area contributed by atoms with Crippen LogP contribution in [0, 0.1) is 0 Å². The van der Waals surface area contributed by atoms with E-state index in [4.69, 9.17) is 31.3 Å². The summed E-state index contributed by atoms with van der Waals surface area (Å²) in [5.41, 5.74) is 8.26. The Morgan fingerprint density at radius 1 is 1.17 bits per heavy atom. The summed E-state index contributed by atoms with van der Waals surface area (Å²) >= 11 is 6.33. The first kappa shape index (κ1) is 21.1. The molecule has 3 rings (SSSR count). The Labute approximate surface area is 176 Å². The largest absolute Gasteiger partial charge is 0.494 e. The van der Waals surface area contributed by atoms with Crippen molar-refractivity contribution in [3.63, 3.8) is 0 Å². The number of hydrogen-bond donors (Lipinski definition) is 1. The van der Waals surface area contributed by atoms with E-state index in [0.717, 1.165) is 35.3 Å². The molecule has 1 heterocycles. The van der Waals surface area contributed by atoms with Gasteiger partial charge >= 0.3 is 0 Å². The summed E-state index contributed by atoms with van der Waals surface area (Å²) in [4.78, 5) is 4.56. The molecule has 0 atom stereocenters. The topological polar surface area (TPSA) is 83.4 Å². The van der Waals surface area contributed by atoms with Crippen LogP contribution in [0.2, 0.25) is 5.02 Å². The SMILES string of the molecule is CCc1cc(OCCCN)ccc1-c1noc(-c2ccc(OC(C)C)c(Cl)c2)n1. The minimum absolute atomic E-state index is 0.0445. The first-order valence-electron chi connectivity index (χ1n) is 9.78. The van der Waals surface area contributed by atoms with Crippen LogP contribution < -0.4 is 15.2 Å². The van der Waals surface area contributed by atoms with Crippen molar-refractivity contribution in [2.45, 2.75) is 39.7 Å². The molecule has 0 radical (unpaired) electrons. The summed E-state index contributed by atoms with van der Waals surface area (Å²) in [6.07, 6.45) is 1.68. The summed E-state index contributed by atoms with van der Waals surface area (Å²) in [5, 5.41) is 4.66. The molecule has 0 amide bonds. The third-order valence-electron chi connectivity index (χ3n) is 4.28. The van der Waals surface area contributed by atoms with Crippen molar-refractivity contribution in [2.75, 3.05) is 13.2 Å². The van der Waals surface area contributed by atoms with E-state index in [1.54, 1.807) is 6.07 Å². The van der Waals surface area contributed by atoms with E-state index in [1.165, 1.54) is 0 Å². The lowest BCUT2D eigenvalue weighted by Gasteiger charge is -2.11. The lowest BCUT2D eigenvalue weighted by molar-refractivity contribution is 0.242. The molecule has 0 aliphatic carbocycles. The van der Waals surface area contributed by atoms with Gasteiger partial charge in [0.1, 0.15) is 11.5 Å². The highest BCUT2D eigenvalue weighted by atomic mass is 35.5. The van der Waals surface area contributed by atoms with E-state index in [1.807, 2.05) is 44.2 Å². The van der Waals surface area contributed by atoms with Gasteiger partial charge in [-0.1, -0.05) is 23.7 Å². The summed E-state index contributed by atoms with van der Waals surface area (Å²) in [6.45, 7) is 7.20. The van der Waals surface area contributed by atoms with Crippen molar-refractivity contribution in [3.8, 4) is 34.3 Å². The van der Waals surface area contributed by atoms with Gasteiger partial charge in [-0.3, -0.25) is 0 Å². The number of aryl methyl sites for hydroxylation is 1. The zero-order chi connectivity index (χ0) is 20.8. The van der Waals surface area contributed by atoms with Gasteiger partial charge in [0.05, 0.1) is 17.7 Å². The lowest BCUT2D eigenvalue weighted by atomic mass is 10.0. The number of rotatable bonds is 9. The first-order chi connectivity index (χ1) is 14.0. The minimum Gasteiger partial charge on any atom is -0.494 e. The Balaban J connectivity index is 1.83. The molecule has 2 aromatic carbocycles. The van der Waals surface area contributed by atoms with E-state index in [2.05, 4.69) is 17.1 Å². The minimum atomic E-state index is 0.0445. The summed E-state index contributed by atoms with van der Waals surface area (Å²) in [7, 11) is 0. The van der Waals surface area contributed by atoms with Crippen LogP contribution in [0.5, 0.6) is 11.5 Å². The second-order valence-corrected chi connectivity index (χ2v) is 7.31. The zero-order valence-electron chi connectivity index (χ0n) is 16.9. The summed E-state index contributed by atoms with van der Waals surface area (Å²) in [6, 6.07) is 11.3. The second kappa shape index (κ2) is 9.76. The molecule has 0 aliphatic heterocycles. The van der Waals surface area contributed by atoms with Crippen LogP contribution in [0.3, 0.4) is 0 Å². The molecule has 2 N–H and O–H groups in total. The Morgan fingerprint density at radius 2 is 2.00 bits per heavy atom. The van der Waals surface area contributed by atoms with Crippen molar-refractivity contribution in [1.29, 1.82) is 0 Å². The predicted octanol–water partition coefficient (Wildman–Crippen LogP) is 5.13. The Kier molecular flexibility index (Phi) is 7.12. The van der Waals surface area contributed by atoms with Gasteiger partial charge in [0, 0.05) is 11.1 Å². The van der Waals surface area contributed by atoms with Crippen LogP contribution in [-0.4, -0.2) is 29.4 Å². The van der Waals surface area contributed by atoms with Gasteiger partial charge in [0.25, 0.3) is 5.89 Å². The Bertz CT molecular complexity index is 956. The van der Waals surface area contributed by atoms with Gasteiger partial charge < -0.3 is 19.7 Å². The van der Waals surface area contributed by atoms with E-state index in [0.29, 0.717) is 35.6 Å². The number of hydrogen-bond acceptors (Lipinski definition) is 6. The van der Waals surface area contributed by atoms with E-state index < -0.39 is 0 Å². The van der Waals surface area contributed by atoms with Gasteiger partial charge in [-0.05, 0) is 75.2 Å². The number of aromatic nitrogens is 2. The standard InChI is InChI=1S/C22H26ClN3O3/c1-4-15-12-17(27-11-5-10-24)7-8-18(15)21-25-22(29-26-21)16-6-9-20(19(23)13-16)28-14(2)3/h6-9,12-14H,4-5,10-11,24H2,1-3H3. The highest BCUT2D eigenvalue weighted by molar-refractivity contribution is 6.32. The molecule has 29 heavy (non-hydrogen) atoms. The molecular weight excluding hydrogens is 390 g/mol. The first-order valence-corrected chi connectivity index (χ1v) is 10.2. The highest BCUT2D eigenvalue weighted by Gasteiger charge is 2.15. The van der Waals surface area contributed by atoms with E-state index >= 15 is 0 Å². The number of ether oxygens (including phenoxy) is 2. The predicted molar refractivity (Wildman–Crippen MR) is 114 cm³/mol. The fourth-order valence-corrected chi connectivity index (χ4v) is 3.10. The molecule has 0 unspecified atom stereocenters. The normalized spacial score (nSPS) is 11.1. The third-order valence-corrected chi connectivity index (χ3v) is 4.58. The third kappa shape index (κ3) is 5.28. The van der Waals surface area contributed by atoms with Gasteiger partial charge in [-0.25, -0.2) is 0 Å². The van der Waals surface area contributed by atoms with Crippen LogP contribution in [0.25, 0.3) is 22.8 Å². The zero-order valence-corrected chi connectivity index (χ0v) is 17.7. The number of halogens is 1. The molecule has 154 valence electrons. The molecule has 3 aromatic rings. The number of benzene rings is 2. The lowest BCUT2D eigenvalue weighted by Crippen LogP contribution is -2.06. The van der Waals surface area contributed by atoms with Gasteiger partial charge in [0.15, 0.2) is 0 Å². The maximum atomic E-state index is 6.33. The van der Waals surface area contributed by atoms with Gasteiger partial charge in [0.2, 0.25) is 5.82 Å². The van der Waals surface area contributed by atoms with Gasteiger partial charge in [-0.2, -0.15) is 4.98 Å². The van der Waals surface area contributed by atoms with Crippen molar-refractivity contribution in [1.82, 2.24) is 10.1 Å². The molecule has 0 saturated carbocycles. The molecule has 0 spiro atoms. The monoisotopic (exact) mass is 415 g/mol. The quantitative estimate of drug-likeness (QED) is 0.487. The Morgan fingerprint density at radius 3 is 2.69 bits per heavy atom. The van der Waals surface area contributed by atoms with Crippen LogP contribution in [0.4, 0.5) is 0 Å². The van der Waals surface area contributed by atoms with E-state index in [-0.39, 0.29) is 6.10 Å². The average molecular weight is 416 g/mol. The van der Waals surface area contributed by atoms with Crippen molar-refractivity contribution >= 4 is 11.6 Å². The fraction of sp³-hybridized carbons (Fsp3) is 0.364. The van der Waals surface area contributed by atoms with Crippen LogP contribution in [-0.2, 0) is 6.42 Å². The van der Waals surface area contributed by atoms with Crippen LogP contribution in [0.15, 0.2) is 40.9 Å². The summed E-state index contributed by atoms with van der Waals surface area (Å²) in [5.74, 6) is 2.38. The van der Waals surface area contributed by atoms with Gasteiger partial charge in [-0.15, -0.1) is 0 Å². The maximum Gasteiger partial charge on any atom is 0.258 e. The van der Waals surface area contributed by atoms with Crippen molar-refractivity contribution in [3.05, 3.63) is 47.0 Å². The number of nitrogens with two attached hydrogens (primary N) is 1. The molecule has 0 fully saturated rings. The molecule has 0 bridgehead atoms. The van der Waals surface area contributed by atoms with Crippen molar-refractivity contribution < 1.29 is 14.0 Å². The Hall–Kier alpha value is -2.57. The smallest absolute Gasteiger partial charge is 0.258 e. The molecule has 1 aromatic heterocycles. The van der Waals surface area contributed by atoms with Crippen molar-refractivity contribution in [2.24, 2.45) is 5.73 Å². The molecule has 0 saturated heterocycles. The molecule has 0 aliphatic rings. The summed E-state index contributed by atoms with van der Waals surface area (Å²) < 4.78 is 16.9.